The minimum absolute atomic E-state index is 0.247. The van der Waals surface area contributed by atoms with Crippen LogP contribution < -0.4 is 10.9 Å². The minimum atomic E-state index is -0.375. The van der Waals surface area contributed by atoms with E-state index in [9.17, 15) is 9.59 Å². The van der Waals surface area contributed by atoms with Crippen molar-refractivity contribution >= 4 is 32.6 Å². The number of H-pyrrole nitrogens is 1. The molecule has 0 saturated heterocycles. The Morgan fingerprint density at radius 3 is 2.56 bits per heavy atom. The third kappa shape index (κ3) is 2.76. The Bertz CT molecular complexity index is 1020. The molecule has 6 heteroatoms. The molecule has 3 aromatic rings. The molecule has 1 fully saturated rings. The van der Waals surface area contributed by atoms with Crippen LogP contribution in [0.2, 0.25) is 0 Å². The molecule has 2 N–H and O–H groups in total. The molecule has 0 spiro atoms. The molecule has 5 nitrogen and oxygen atoms in total. The van der Waals surface area contributed by atoms with Crippen LogP contribution in [0.5, 0.6) is 0 Å². The van der Waals surface area contributed by atoms with Gasteiger partial charge in [-0.15, -0.1) is 0 Å². The molecule has 1 heterocycles. The van der Waals surface area contributed by atoms with Crippen LogP contribution in [-0.2, 0) is 5.54 Å². The van der Waals surface area contributed by atoms with Crippen LogP contribution in [-0.4, -0.2) is 16.1 Å². The lowest BCUT2D eigenvalue weighted by Gasteiger charge is -2.43. The van der Waals surface area contributed by atoms with Crippen molar-refractivity contribution < 1.29 is 4.79 Å². The van der Waals surface area contributed by atoms with Crippen LogP contribution in [0.1, 0.15) is 35.3 Å². The second-order valence-corrected chi connectivity index (χ2v) is 7.26. The molecule has 1 saturated carbocycles. The number of fused-ring (bicyclic) bond motifs is 1. The van der Waals surface area contributed by atoms with Crippen molar-refractivity contribution in [3.05, 3.63) is 74.6 Å². The fraction of sp³-hybridized carbons (Fsp3) is 0.211. The standard InChI is InChI=1S/C19H16BrN3O2/c20-13-6-3-5-12(11-13)19(9-4-10-19)21-18(25)16-14-7-1-2-8-15(14)17(24)23-22-16/h1-3,5-8,11H,4,9-10H2,(H,21,25)(H,23,24). The summed E-state index contributed by atoms with van der Waals surface area (Å²) in [5.74, 6) is -0.271. The molecule has 126 valence electrons. The third-order valence-electron chi connectivity index (χ3n) is 4.85. The fourth-order valence-electron chi connectivity index (χ4n) is 3.37. The second-order valence-electron chi connectivity index (χ2n) is 6.35. The Hall–Kier alpha value is -2.47. The number of hydrogen-bond donors (Lipinski definition) is 2. The molecule has 0 aliphatic heterocycles. The summed E-state index contributed by atoms with van der Waals surface area (Å²) in [7, 11) is 0. The van der Waals surface area contributed by atoms with Gasteiger partial charge in [-0.3, -0.25) is 9.59 Å². The third-order valence-corrected chi connectivity index (χ3v) is 5.34. The topological polar surface area (TPSA) is 74.8 Å². The molecule has 4 rings (SSSR count). The molecule has 1 aromatic heterocycles. The molecule has 1 aliphatic carbocycles. The Morgan fingerprint density at radius 2 is 1.88 bits per heavy atom. The van der Waals surface area contributed by atoms with Gasteiger partial charge in [-0.25, -0.2) is 5.10 Å². The number of carbonyl (C=O) groups is 1. The van der Waals surface area contributed by atoms with Gasteiger partial charge in [-0.1, -0.05) is 46.3 Å². The van der Waals surface area contributed by atoms with E-state index in [4.69, 9.17) is 0 Å². The van der Waals surface area contributed by atoms with E-state index in [1.54, 1.807) is 24.3 Å². The molecule has 1 aliphatic rings. The van der Waals surface area contributed by atoms with Gasteiger partial charge in [-0.2, -0.15) is 5.10 Å². The summed E-state index contributed by atoms with van der Waals surface area (Å²) in [5, 5.41) is 10.6. The average molecular weight is 398 g/mol. The van der Waals surface area contributed by atoms with Crippen molar-refractivity contribution in [2.75, 3.05) is 0 Å². The van der Waals surface area contributed by atoms with Crippen LogP contribution in [0.4, 0.5) is 0 Å². The Labute approximate surface area is 152 Å². The van der Waals surface area contributed by atoms with Gasteiger partial charge in [0.15, 0.2) is 5.69 Å². The Morgan fingerprint density at radius 1 is 1.12 bits per heavy atom. The van der Waals surface area contributed by atoms with E-state index in [1.165, 1.54) is 0 Å². The molecule has 0 atom stereocenters. The molecule has 1 amide bonds. The van der Waals surface area contributed by atoms with Crippen LogP contribution in [0.15, 0.2) is 57.8 Å². The molecular formula is C19H16BrN3O2. The molecular weight excluding hydrogens is 382 g/mol. The minimum Gasteiger partial charge on any atom is -0.341 e. The number of halogens is 1. The Kier molecular flexibility index (Phi) is 3.92. The quantitative estimate of drug-likeness (QED) is 0.709. The van der Waals surface area contributed by atoms with Gasteiger partial charge < -0.3 is 5.32 Å². The number of aromatic amines is 1. The lowest BCUT2D eigenvalue weighted by molar-refractivity contribution is 0.0819. The summed E-state index contributed by atoms with van der Waals surface area (Å²) in [6.45, 7) is 0. The molecule has 25 heavy (non-hydrogen) atoms. The van der Waals surface area contributed by atoms with Crippen molar-refractivity contribution in [1.82, 2.24) is 15.5 Å². The van der Waals surface area contributed by atoms with Crippen LogP contribution in [0.25, 0.3) is 10.8 Å². The van der Waals surface area contributed by atoms with E-state index < -0.39 is 0 Å². The zero-order valence-electron chi connectivity index (χ0n) is 13.4. The average Bonchev–Trinajstić information content (AvgIpc) is 2.58. The van der Waals surface area contributed by atoms with Crippen molar-refractivity contribution in [3.8, 4) is 0 Å². The van der Waals surface area contributed by atoms with Crippen molar-refractivity contribution in [1.29, 1.82) is 0 Å². The van der Waals surface area contributed by atoms with Gasteiger partial charge in [0, 0.05) is 9.86 Å². The van der Waals surface area contributed by atoms with Crippen molar-refractivity contribution in [2.45, 2.75) is 24.8 Å². The lowest BCUT2D eigenvalue weighted by atomic mass is 9.71. The molecule has 0 radical (unpaired) electrons. The number of aromatic nitrogens is 2. The number of benzene rings is 2. The number of carbonyl (C=O) groups excluding carboxylic acids is 1. The van der Waals surface area contributed by atoms with E-state index in [1.807, 2.05) is 24.3 Å². The molecule has 0 bridgehead atoms. The van der Waals surface area contributed by atoms with E-state index >= 15 is 0 Å². The zero-order chi connectivity index (χ0) is 17.4. The summed E-state index contributed by atoms with van der Waals surface area (Å²) >= 11 is 3.49. The maximum absolute atomic E-state index is 12.9. The van der Waals surface area contributed by atoms with E-state index in [-0.39, 0.29) is 22.7 Å². The summed E-state index contributed by atoms with van der Waals surface area (Å²) in [6, 6.07) is 15.0. The van der Waals surface area contributed by atoms with Gasteiger partial charge in [-0.05, 0) is 43.0 Å². The first-order valence-electron chi connectivity index (χ1n) is 8.15. The highest BCUT2D eigenvalue weighted by Crippen LogP contribution is 2.42. The van der Waals surface area contributed by atoms with Crippen LogP contribution >= 0.6 is 15.9 Å². The summed E-state index contributed by atoms with van der Waals surface area (Å²) in [5.41, 5.74) is 0.656. The van der Waals surface area contributed by atoms with E-state index in [2.05, 4.69) is 31.4 Å². The number of amides is 1. The van der Waals surface area contributed by atoms with Gasteiger partial charge in [0.2, 0.25) is 0 Å². The largest absolute Gasteiger partial charge is 0.341 e. The Balaban J connectivity index is 1.73. The summed E-state index contributed by atoms with van der Waals surface area (Å²) in [6.07, 6.45) is 2.83. The van der Waals surface area contributed by atoms with Gasteiger partial charge in [0.05, 0.1) is 10.9 Å². The SMILES string of the molecule is O=C(NC1(c2cccc(Br)c2)CCC1)c1n[nH]c(=O)c2ccccc12. The van der Waals surface area contributed by atoms with E-state index in [0.29, 0.717) is 10.8 Å². The number of nitrogens with zero attached hydrogens (tertiary/aromatic N) is 1. The fourth-order valence-corrected chi connectivity index (χ4v) is 3.77. The highest BCUT2D eigenvalue weighted by Gasteiger charge is 2.40. The predicted octanol–water partition coefficient (Wildman–Crippen LogP) is 3.49. The first-order valence-corrected chi connectivity index (χ1v) is 8.94. The first kappa shape index (κ1) is 16.0. The van der Waals surface area contributed by atoms with Gasteiger partial charge >= 0.3 is 0 Å². The van der Waals surface area contributed by atoms with E-state index in [0.717, 1.165) is 29.3 Å². The number of rotatable bonds is 3. The maximum atomic E-state index is 12.9. The van der Waals surface area contributed by atoms with Crippen LogP contribution in [0.3, 0.4) is 0 Å². The monoisotopic (exact) mass is 397 g/mol. The van der Waals surface area contributed by atoms with Crippen LogP contribution in [0, 0.1) is 0 Å². The first-order chi connectivity index (χ1) is 12.1. The van der Waals surface area contributed by atoms with Crippen molar-refractivity contribution in [3.63, 3.8) is 0 Å². The highest BCUT2D eigenvalue weighted by atomic mass is 79.9. The number of nitrogens with one attached hydrogen (secondary N) is 2. The zero-order valence-corrected chi connectivity index (χ0v) is 15.0. The second kappa shape index (κ2) is 6.11. The highest BCUT2D eigenvalue weighted by molar-refractivity contribution is 9.10. The van der Waals surface area contributed by atoms with Gasteiger partial charge in [0.1, 0.15) is 0 Å². The van der Waals surface area contributed by atoms with Gasteiger partial charge in [0.25, 0.3) is 11.5 Å². The summed E-state index contributed by atoms with van der Waals surface area (Å²) < 4.78 is 0.984. The van der Waals surface area contributed by atoms with Crippen molar-refractivity contribution in [2.24, 2.45) is 0 Å². The lowest BCUT2D eigenvalue weighted by Crippen LogP contribution is -2.51. The summed E-state index contributed by atoms with van der Waals surface area (Å²) in [4.78, 5) is 24.8. The molecule has 0 unspecified atom stereocenters. The predicted molar refractivity (Wildman–Crippen MR) is 99.5 cm³/mol. The number of hydrogen-bond acceptors (Lipinski definition) is 3. The normalized spacial score (nSPS) is 15.6. The maximum Gasteiger partial charge on any atom is 0.273 e. The molecule has 2 aromatic carbocycles. The smallest absolute Gasteiger partial charge is 0.273 e.